The first-order valence-electron chi connectivity index (χ1n) is 8.99. The van der Waals surface area contributed by atoms with Gasteiger partial charge in [-0.15, -0.1) is 0 Å². The molecule has 2 heterocycles. The summed E-state index contributed by atoms with van der Waals surface area (Å²) < 4.78 is 4.59. The summed E-state index contributed by atoms with van der Waals surface area (Å²) >= 11 is 0. The van der Waals surface area contributed by atoms with Gasteiger partial charge in [0.25, 0.3) is 0 Å². The zero-order valence-corrected chi connectivity index (χ0v) is 15.8. The number of anilines is 1. The van der Waals surface area contributed by atoms with Crippen LogP contribution in [0.1, 0.15) is 39.1 Å². The number of aryl methyl sites for hydroxylation is 1. The van der Waals surface area contributed by atoms with Gasteiger partial charge in [-0.25, -0.2) is 9.78 Å². The third-order valence-corrected chi connectivity index (χ3v) is 4.97. The Morgan fingerprint density at radius 2 is 1.82 bits per heavy atom. The third kappa shape index (κ3) is 4.00. The van der Waals surface area contributed by atoms with Crippen molar-refractivity contribution in [2.75, 3.05) is 25.1 Å². The number of pyridine rings is 1. The van der Waals surface area contributed by atoms with Gasteiger partial charge in [0, 0.05) is 36.8 Å². The molecule has 0 saturated carbocycles. The minimum Gasteiger partial charge on any atom is -0.465 e. The molecule has 0 aliphatic carbocycles. The maximum absolute atomic E-state index is 12.7. The summed E-state index contributed by atoms with van der Waals surface area (Å²) in [6, 6.07) is 8.68. The number of hydrogen-bond donors (Lipinski definition) is 0. The third-order valence-electron chi connectivity index (χ3n) is 4.97. The maximum Gasteiger partial charge on any atom is 0.339 e. The summed E-state index contributed by atoms with van der Waals surface area (Å²) in [7, 11) is 1.21. The van der Waals surface area contributed by atoms with E-state index in [-0.39, 0.29) is 28.8 Å². The molecule has 1 aromatic heterocycles. The van der Waals surface area contributed by atoms with Crippen LogP contribution in [0.15, 0.2) is 36.5 Å². The number of piperidine rings is 1. The van der Waals surface area contributed by atoms with Crippen molar-refractivity contribution in [1.29, 1.82) is 0 Å². The molecule has 1 saturated heterocycles. The molecule has 1 fully saturated rings. The van der Waals surface area contributed by atoms with Gasteiger partial charge in [0.1, 0.15) is 0 Å². The van der Waals surface area contributed by atoms with Crippen LogP contribution in [-0.4, -0.2) is 41.9 Å². The monoisotopic (exact) mass is 383 g/mol. The molecular formula is C20H21N3O5. The number of ether oxygens (including phenoxy) is 1. The molecule has 1 aromatic carbocycles. The maximum atomic E-state index is 12.7. The fourth-order valence-electron chi connectivity index (χ4n) is 3.36. The molecule has 1 aliphatic rings. The Labute approximate surface area is 162 Å². The molecule has 0 atom stereocenters. The summed E-state index contributed by atoms with van der Waals surface area (Å²) in [6.45, 7) is 2.93. The van der Waals surface area contributed by atoms with Crippen molar-refractivity contribution in [2.45, 2.75) is 19.8 Å². The Morgan fingerprint density at radius 1 is 1.18 bits per heavy atom. The number of carbonyl (C=O) groups is 2. The lowest BCUT2D eigenvalue weighted by Gasteiger charge is -2.31. The van der Waals surface area contributed by atoms with Gasteiger partial charge in [0.2, 0.25) is 5.82 Å². The molecular weight excluding hydrogens is 362 g/mol. The number of rotatable bonds is 5. The van der Waals surface area contributed by atoms with E-state index < -0.39 is 10.9 Å². The van der Waals surface area contributed by atoms with Gasteiger partial charge in [-0.05, 0) is 19.8 Å². The van der Waals surface area contributed by atoms with Crippen molar-refractivity contribution in [3.63, 3.8) is 0 Å². The van der Waals surface area contributed by atoms with Crippen LogP contribution in [0.25, 0.3) is 0 Å². The Hall–Kier alpha value is -3.29. The number of nitro groups is 1. The van der Waals surface area contributed by atoms with E-state index >= 15 is 0 Å². The minimum absolute atomic E-state index is 0.0300. The van der Waals surface area contributed by atoms with E-state index in [2.05, 4.69) is 9.72 Å². The number of aromatic nitrogens is 1. The molecule has 0 N–H and O–H groups in total. The van der Waals surface area contributed by atoms with E-state index in [4.69, 9.17) is 0 Å². The molecule has 0 spiro atoms. The van der Waals surface area contributed by atoms with Crippen molar-refractivity contribution in [3.05, 3.63) is 63.3 Å². The Bertz CT molecular complexity index is 903. The molecule has 0 bridgehead atoms. The highest BCUT2D eigenvalue weighted by molar-refractivity contribution is 5.98. The van der Waals surface area contributed by atoms with E-state index in [1.807, 2.05) is 31.2 Å². The number of methoxy groups -OCH3 is 1. The lowest BCUT2D eigenvalue weighted by molar-refractivity contribution is -0.384. The van der Waals surface area contributed by atoms with Gasteiger partial charge in [-0.3, -0.25) is 14.9 Å². The van der Waals surface area contributed by atoms with Gasteiger partial charge < -0.3 is 9.64 Å². The highest BCUT2D eigenvalue weighted by atomic mass is 16.6. The highest BCUT2D eigenvalue weighted by Crippen LogP contribution is 2.31. The van der Waals surface area contributed by atoms with Crippen LogP contribution >= 0.6 is 0 Å². The van der Waals surface area contributed by atoms with Crippen LogP contribution in [0.3, 0.4) is 0 Å². The molecule has 0 unspecified atom stereocenters. The average Bonchev–Trinajstić information content (AvgIpc) is 2.73. The first kappa shape index (κ1) is 19.5. The second-order valence-corrected chi connectivity index (χ2v) is 6.81. The molecule has 2 aromatic rings. The van der Waals surface area contributed by atoms with E-state index in [9.17, 15) is 19.7 Å². The van der Waals surface area contributed by atoms with Crippen molar-refractivity contribution in [2.24, 2.45) is 5.92 Å². The van der Waals surface area contributed by atoms with E-state index in [0.717, 1.165) is 5.56 Å². The van der Waals surface area contributed by atoms with E-state index in [1.165, 1.54) is 19.4 Å². The normalized spacial score (nSPS) is 14.6. The topological polar surface area (TPSA) is 103 Å². The largest absolute Gasteiger partial charge is 0.465 e. The van der Waals surface area contributed by atoms with Crippen LogP contribution in [-0.2, 0) is 4.74 Å². The van der Waals surface area contributed by atoms with Crippen molar-refractivity contribution in [3.8, 4) is 0 Å². The Kier molecular flexibility index (Phi) is 5.67. The Balaban J connectivity index is 1.74. The molecule has 146 valence electrons. The lowest BCUT2D eigenvalue weighted by atomic mass is 9.88. The van der Waals surface area contributed by atoms with Gasteiger partial charge in [0.15, 0.2) is 5.78 Å². The molecule has 8 nitrogen and oxygen atoms in total. The number of nitrogens with zero attached hydrogens (tertiary/aromatic N) is 3. The second-order valence-electron chi connectivity index (χ2n) is 6.81. The summed E-state index contributed by atoms with van der Waals surface area (Å²) in [5.74, 6) is -0.487. The number of benzene rings is 1. The number of ketones is 1. The standard InChI is InChI=1S/C20H21N3O5/c1-13-3-5-14(6-4-13)18(24)15-7-9-22(10-8-15)19-17(23(26)27)11-16(12-21-19)20(25)28-2/h3-6,11-12,15H,7-10H2,1-2H3. The smallest absolute Gasteiger partial charge is 0.339 e. The number of carbonyl (C=O) groups excluding carboxylic acids is 2. The van der Waals surface area contributed by atoms with Crippen molar-refractivity contribution in [1.82, 2.24) is 4.98 Å². The van der Waals surface area contributed by atoms with Crippen LogP contribution < -0.4 is 4.90 Å². The summed E-state index contributed by atoms with van der Waals surface area (Å²) in [5.41, 5.74) is 1.57. The second kappa shape index (κ2) is 8.16. The molecule has 0 amide bonds. The minimum atomic E-state index is -0.676. The van der Waals surface area contributed by atoms with Crippen molar-refractivity contribution >= 4 is 23.3 Å². The molecule has 28 heavy (non-hydrogen) atoms. The van der Waals surface area contributed by atoms with Gasteiger partial charge >= 0.3 is 11.7 Å². The van der Waals surface area contributed by atoms with Crippen LogP contribution in [0, 0.1) is 23.0 Å². The summed E-state index contributed by atoms with van der Waals surface area (Å²) in [5, 5.41) is 11.4. The van der Waals surface area contributed by atoms with Gasteiger partial charge in [-0.2, -0.15) is 0 Å². The Morgan fingerprint density at radius 3 is 2.39 bits per heavy atom. The average molecular weight is 383 g/mol. The SMILES string of the molecule is COC(=O)c1cnc(N2CCC(C(=O)c3ccc(C)cc3)CC2)c([N+](=O)[O-])c1. The quantitative estimate of drug-likeness (QED) is 0.338. The lowest BCUT2D eigenvalue weighted by Crippen LogP contribution is -2.37. The molecule has 0 radical (unpaired) electrons. The van der Waals surface area contributed by atoms with Crippen LogP contribution in [0.2, 0.25) is 0 Å². The van der Waals surface area contributed by atoms with Crippen LogP contribution in [0.4, 0.5) is 11.5 Å². The van der Waals surface area contributed by atoms with Gasteiger partial charge in [-0.1, -0.05) is 29.8 Å². The van der Waals surface area contributed by atoms with Gasteiger partial charge in [0.05, 0.1) is 17.6 Å². The predicted octanol–water partition coefficient (Wildman–Crippen LogP) is 3.18. The van der Waals surface area contributed by atoms with E-state index in [1.54, 1.807) is 4.90 Å². The first-order chi connectivity index (χ1) is 13.4. The predicted molar refractivity (Wildman–Crippen MR) is 103 cm³/mol. The molecule has 1 aliphatic heterocycles. The highest BCUT2D eigenvalue weighted by Gasteiger charge is 2.30. The molecule has 8 heteroatoms. The number of esters is 1. The fourth-order valence-corrected chi connectivity index (χ4v) is 3.36. The van der Waals surface area contributed by atoms with E-state index in [0.29, 0.717) is 31.5 Å². The molecule has 3 rings (SSSR count). The summed E-state index contributed by atoms with van der Waals surface area (Å²) in [6.07, 6.45) is 2.45. The van der Waals surface area contributed by atoms with Crippen LogP contribution in [0.5, 0.6) is 0 Å². The zero-order valence-electron chi connectivity index (χ0n) is 15.8. The zero-order chi connectivity index (χ0) is 20.3. The first-order valence-corrected chi connectivity index (χ1v) is 8.99. The summed E-state index contributed by atoms with van der Waals surface area (Å²) in [4.78, 5) is 41.1. The number of hydrogen-bond acceptors (Lipinski definition) is 7. The van der Waals surface area contributed by atoms with Crippen molar-refractivity contribution < 1.29 is 19.2 Å². The number of Topliss-reactive ketones (excluding diaryl/α,β-unsaturated/α-hetero) is 1. The fraction of sp³-hybridized carbons (Fsp3) is 0.350.